The van der Waals surface area contributed by atoms with E-state index in [1.54, 1.807) is 24.3 Å². The van der Waals surface area contributed by atoms with Gasteiger partial charge in [0.25, 0.3) is 5.69 Å². The number of hydrogen-bond donors (Lipinski definition) is 0. The first-order valence-electron chi connectivity index (χ1n) is 5.33. The summed E-state index contributed by atoms with van der Waals surface area (Å²) in [6.45, 7) is 0. The van der Waals surface area contributed by atoms with E-state index in [0.717, 1.165) is 9.80 Å². The molecular formula is C13H13NO3S2. The molecule has 1 aromatic rings. The van der Waals surface area contributed by atoms with Gasteiger partial charge >= 0.3 is 0 Å². The molecule has 0 spiro atoms. The lowest BCUT2D eigenvalue weighted by molar-refractivity contribution is -0.384. The zero-order chi connectivity index (χ0) is 14.3. The van der Waals surface area contributed by atoms with Crippen LogP contribution < -0.4 is 0 Å². The molecule has 19 heavy (non-hydrogen) atoms. The van der Waals surface area contributed by atoms with Crippen LogP contribution in [0.2, 0.25) is 0 Å². The predicted octanol–water partition coefficient (Wildman–Crippen LogP) is 3.74. The predicted molar refractivity (Wildman–Crippen MR) is 82.3 cm³/mol. The molecule has 6 heteroatoms. The Bertz CT molecular complexity index is 515. The second-order valence-electron chi connectivity index (χ2n) is 3.46. The Balaban J connectivity index is 2.74. The van der Waals surface area contributed by atoms with Crippen LogP contribution in [0.15, 0.2) is 40.7 Å². The zero-order valence-electron chi connectivity index (χ0n) is 10.5. The molecule has 0 saturated carbocycles. The molecule has 0 radical (unpaired) electrons. The Morgan fingerprint density at radius 2 is 1.79 bits per heavy atom. The molecule has 0 fully saturated rings. The van der Waals surface area contributed by atoms with Gasteiger partial charge in [-0.1, -0.05) is 6.08 Å². The van der Waals surface area contributed by atoms with Gasteiger partial charge in [0.1, 0.15) is 0 Å². The molecule has 0 bridgehead atoms. The van der Waals surface area contributed by atoms with Crippen molar-refractivity contribution >= 4 is 41.1 Å². The molecule has 0 aliphatic carbocycles. The molecule has 0 unspecified atom stereocenters. The summed E-state index contributed by atoms with van der Waals surface area (Å²) in [4.78, 5) is 21.7. The molecule has 0 aliphatic heterocycles. The fraction of sp³-hybridized carbons (Fsp3) is 0.154. The molecule has 0 amide bonds. The third kappa shape index (κ3) is 5.32. The molecule has 0 atom stereocenters. The lowest BCUT2D eigenvalue weighted by Crippen LogP contribution is -1.88. The molecule has 1 aromatic carbocycles. The lowest BCUT2D eigenvalue weighted by Gasteiger charge is -1.96. The number of carbonyl (C=O) groups is 1. The van der Waals surface area contributed by atoms with Crippen molar-refractivity contribution in [1.82, 2.24) is 0 Å². The van der Waals surface area contributed by atoms with Crippen molar-refractivity contribution in [2.24, 2.45) is 0 Å². The Morgan fingerprint density at radius 3 is 2.26 bits per heavy atom. The largest absolute Gasteiger partial charge is 0.290 e. The Labute approximate surface area is 120 Å². The van der Waals surface area contributed by atoms with E-state index in [1.165, 1.54) is 41.7 Å². The fourth-order valence-corrected chi connectivity index (χ4v) is 2.39. The summed E-state index contributed by atoms with van der Waals surface area (Å²) in [5.74, 6) is -0.1000. The van der Waals surface area contributed by atoms with Crippen LogP contribution in [0.1, 0.15) is 5.56 Å². The number of carbonyl (C=O) groups excluding carboxylic acids is 1. The molecular weight excluding hydrogens is 282 g/mol. The minimum absolute atomic E-state index is 0.0374. The van der Waals surface area contributed by atoms with Gasteiger partial charge in [0.15, 0.2) is 5.78 Å². The SMILES string of the molecule is CSC(=CC(=O)/C=C/c1ccc([N+](=O)[O-])cc1)SC. The number of nitro benzene ring substituents is 1. The highest BCUT2D eigenvalue weighted by Crippen LogP contribution is 2.23. The second kappa shape index (κ2) is 7.81. The number of non-ortho nitro benzene ring substituents is 1. The quantitative estimate of drug-likeness (QED) is 0.454. The average molecular weight is 295 g/mol. The van der Waals surface area contributed by atoms with Crippen molar-refractivity contribution in [1.29, 1.82) is 0 Å². The van der Waals surface area contributed by atoms with Crippen LogP contribution in [0.25, 0.3) is 6.08 Å². The number of benzene rings is 1. The summed E-state index contributed by atoms with van der Waals surface area (Å²) in [6, 6.07) is 6.04. The van der Waals surface area contributed by atoms with E-state index in [-0.39, 0.29) is 11.5 Å². The van der Waals surface area contributed by atoms with Crippen LogP contribution in [0.4, 0.5) is 5.69 Å². The first kappa shape index (κ1) is 15.5. The van der Waals surface area contributed by atoms with Gasteiger partial charge < -0.3 is 0 Å². The van der Waals surface area contributed by atoms with Crippen LogP contribution in [0.3, 0.4) is 0 Å². The van der Waals surface area contributed by atoms with Crippen LogP contribution in [-0.4, -0.2) is 23.2 Å². The van der Waals surface area contributed by atoms with E-state index < -0.39 is 4.92 Å². The topological polar surface area (TPSA) is 60.2 Å². The van der Waals surface area contributed by atoms with E-state index >= 15 is 0 Å². The monoisotopic (exact) mass is 295 g/mol. The van der Waals surface area contributed by atoms with Crippen molar-refractivity contribution in [3.63, 3.8) is 0 Å². The summed E-state index contributed by atoms with van der Waals surface area (Å²) >= 11 is 3.04. The molecule has 0 aromatic heterocycles. The number of rotatable bonds is 6. The van der Waals surface area contributed by atoms with Crippen molar-refractivity contribution < 1.29 is 9.72 Å². The number of nitro groups is 1. The highest BCUT2D eigenvalue weighted by atomic mass is 32.2. The fourth-order valence-electron chi connectivity index (χ4n) is 1.25. The summed E-state index contributed by atoms with van der Waals surface area (Å²) in [6.07, 6.45) is 8.48. The lowest BCUT2D eigenvalue weighted by atomic mass is 10.2. The summed E-state index contributed by atoms with van der Waals surface area (Å²) in [7, 11) is 0. The minimum Gasteiger partial charge on any atom is -0.290 e. The Kier molecular flexibility index (Phi) is 6.38. The molecule has 0 aliphatic rings. The second-order valence-corrected chi connectivity index (χ2v) is 5.41. The molecule has 0 saturated heterocycles. The van der Waals surface area contributed by atoms with Crippen molar-refractivity contribution in [3.8, 4) is 0 Å². The van der Waals surface area contributed by atoms with Crippen LogP contribution >= 0.6 is 23.5 Å². The van der Waals surface area contributed by atoms with Gasteiger partial charge in [-0.15, -0.1) is 23.5 Å². The third-order valence-electron chi connectivity index (χ3n) is 2.21. The maximum atomic E-state index is 11.6. The van der Waals surface area contributed by atoms with Gasteiger partial charge in [0.05, 0.1) is 4.92 Å². The van der Waals surface area contributed by atoms with Gasteiger partial charge in [-0.05, 0) is 36.3 Å². The third-order valence-corrected chi connectivity index (χ3v) is 4.25. The maximum Gasteiger partial charge on any atom is 0.269 e. The summed E-state index contributed by atoms with van der Waals surface area (Å²) < 4.78 is 0.943. The molecule has 1 rings (SSSR count). The highest BCUT2D eigenvalue weighted by molar-refractivity contribution is 8.21. The van der Waals surface area contributed by atoms with Crippen molar-refractivity contribution in [2.45, 2.75) is 0 Å². The molecule has 0 heterocycles. The summed E-state index contributed by atoms with van der Waals surface area (Å²) in [5, 5.41) is 10.5. The summed E-state index contributed by atoms with van der Waals surface area (Å²) in [5.41, 5.74) is 0.789. The van der Waals surface area contributed by atoms with Crippen molar-refractivity contribution in [3.05, 3.63) is 56.3 Å². The number of thioether (sulfide) groups is 2. The molecule has 0 N–H and O–H groups in total. The Hall–Kier alpha value is -1.53. The minimum atomic E-state index is -0.454. The van der Waals surface area contributed by atoms with Gasteiger partial charge in [0, 0.05) is 22.4 Å². The molecule has 4 nitrogen and oxygen atoms in total. The Morgan fingerprint density at radius 1 is 1.21 bits per heavy atom. The van der Waals surface area contributed by atoms with Crippen LogP contribution in [0.5, 0.6) is 0 Å². The maximum absolute atomic E-state index is 11.6. The zero-order valence-corrected chi connectivity index (χ0v) is 12.2. The van der Waals surface area contributed by atoms with Gasteiger partial charge in [-0.25, -0.2) is 0 Å². The highest BCUT2D eigenvalue weighted by Gasteiger charge is 2.02. The van der Waals surface area contributed by atoms with E-state index in [1.807, 2.05) is 12.5 Å². The average Bonchev–Trinajstić information content (AvgIpc) is 2.43. The van der Waals surface area contributed by atoms with Gasteiger partial charge in [-0.2, -0.15) is 0 Å². The van der Waals surface area contributed by atoms with E-state index in [2.05, 4.69) is 0 Å². The van der Waals surface area contributed by atoms with Crippen LogP contribution in [0, 0.1) is 10.1 Å². The molecule has 100 valence electrons. The normalized spacial score (nSPS) is 10.4. The first-order valence-corrected chi connectivity index (χ1v) is 7.78. The first-order chi connectivity index (χ1) is 9.06. The number of allylic oxidation sites excluding steroid dienone is 2. The van der Waals surface area contributed by atoms with E-state index in [9.17, 15) is 14.9 Å². The number of ketones is 1. The van der Waals surface area contributed by atoms with E-state index in [4.69, 9.17) is 0 Å². The standard InChI is InChI=1S/C13H13NO3S2/c1-18-13(19-2)9-12(15)8-5-10-3-6-11(7-4-10)14(16)17/h3-9H,1-2H3/b8-5+. The number of hydrogen-bond acceptors (Lipinski definition) is 5. The number of nitrogens with zero attached hydrogens (tertiary/aromatic N) is 1. The van der Waals surface area contributed by atoms with Gasteiger partial charge in [0.2, 0.25) is 0 Å². The van der Waals surface area contributed by atoms with E-state index in [0.29, 0.717) is 0 Å². The van der Waals surface area contributed by atoms with Gasteiger partial charge in [-0.3, -0.25) is 14.9 Å². The smallest absolute Gasteiger partial charge is 0.269 e. The van der Waals surface area contributed by atoms with Crippen LogP contribution in [-0.2, 0) is 4.79 Å². The van der Waals surface area contributed by atoms with Crippen molar-refractivity contribution in [2.75, 3.05) is 12.5 Å².